The maximum absolute atomic E-state index is 12.3. The molecule has 33 heavy (non-hydrogen) atoms. The number of rotatable bonds is 10. The maximum Gasteiger partial charge on any atom is 0.408 e. The molecule has 0 bridgehead atoms. The van der Waals surface area contributed by atoms with Gasteiger partial charge in [0.1, 0.15) is 0 Å². The lowest BCUT2D eigenvalue weighted by atomic mass is 9.89. The number of aliphatic hydroxyl groups excluding tert-OH is 1. The van der Waals surface area contributed by atoms with Gasteiger partial charge in [-0.25, -0.2) is 4.79 Å². The summed E-state index contributed by atoms with van der Waals surface area (Å²) in [6.45, 7) is 8.14. The Morgan fingerprint density at radius 1 is 1.15 bits per heavy atom. The fourth-order valence-corrected chi connectivity index (χ4v) is 5.19. The number of benzene rings is 2. The van der Waals surface area contributed by atoms with E-state index in [1.165, 1.54) is 16.0 Å². The van der Waals surface area contributed by atoms with Gasteiger partial charge in [0, 0.05) is 22.1 Å². The lowest BCUT2D eigenvalue weighted by Crippen LogP contribution is -2.58. The minimum absolute atomic E-state index is 0.138. The highest BCUT2D eigenvalue weighted by atomic mass is 79.9. The third kappa shape index (κ3) is 6.81. The van der Waals surface area contributed by atoms with E-state index in [-0.39, 0.29) is 11.5 Å². The van der Waals surface area contributed by atoms with Crippen molar-refractivity contribution in [1.29, 1.82) is 0 Å². The number of hydrogen-bond donors (Lipinski definition) is 3. The molecule has 0 radical (unpaired) electrons. The van der Waals surface area contributed by atoms with E-state index in [1.54, 1.807) is 0 Å². The van der Waals surface area contributed by atoms with E-state index in [0.29, 0.717) is 13.0 Å². The van der Waals surface area contributed by atoms with Crippen molar-refractivity contribution in [1.82, 2.24) is 10.2 Å². The monoisotopic (exact) mass is 516 g/mol. The third-order valence-corrected chi connectivity index (χ3v) is 7.05. The van der Waals surface area contributed by atoms with Crippen molar-refractivity contribution in [3.05, 3.63) is 70.2 Å². The van der Waals surface area contributed by atoms with Gasteiger partial charge in [-0.1, -0.05) is 65.3 Å². The standard InChI is InChI=1S/C27H37BrN2O3/c1-19(15-20-9-6-5-7-10-20)16-23(30(25(32)33)26(2,3)4)24(31)18-29-27(13-14-27)21-11-8-12-22(28)17-21/h5-12,17,19,23-24,29,31H,13-16,18H2,1-4H3,(H,32,33)/t19?,23-,24?/m0/s1. The van der Waals surface area contributed by atoms with Gasteiger partial charge in [0.25, 0.3) is 0 Å². The van der Waals surface area contributed by atoms with Crippen LogP contribution in [0.25, 0.3) is 0 Å². The van der Waals surface area contributed by atoms with Gasteiger partial charge in [-0.05, 0) is 75.6 Å². The fourth-order valence-electron chi connectivity index (χ4n) is 4.79. The first-order valence-electron chi connectivity index (χ1n) is 11.8. The van der Waals surface area contributed by atoms with Gasteiger partial charge in [0.2, 0.25) is 0 Å². The molecule has 1 amide bonds. The molecule has 0 spiro atoms. The molecule has 0 aromatic heterocycles. The van der Waals surface area contributed by atoms with E-state index in [2.05, 4.69) is 52.4 Å². The number of amides is 1. The number of hydrogen-bond acceptors (Lipinski definition) is 3. The van der Waals surface area contributed by atoms with Crippen LogP contribution >= 0.6 is 15.9 Å². The zero-order chi connectivity index (χ0) is 24.2. The van der Waals surface area contributed by atoms with Gasteiger partial charge in [0.05, 0.1) is 12.1 Å². The van der Waals surface area contributed by atoms with Crippen molar-refractivity contribution in [3.63, 3.8) is 0 Å². The van der Waals surface area contributed by atoms with Crippen molar-refractivity contribution in [2.24, 2.45) is 5.92 Å². The summed E-state index contributed by atoms with van der Waals surface area (Å²) in [5, 5.41) is 25.0. The van der Waals surface area contributed by atoms with E-state index >= 15 is 0 Å². The van der Waals surface area contributed by atoms with Crippen LogP contribution in [-0.4, -0.2) is 45.4 Å². The number of aliphatic hydroxyl groups is 1. The van der Waals surface area contributed by atoms with Crippen LogP contribution in [0.5, 0.6) is 0 Å². The number of nitrogens with one attached hydrogen (secondary N) is 1. The van der Waals surface area contributed by atoms with Crippen LogP contribution in [-0.2, 0) is 12.0 Å². The third-order valence-electron chi connectivity index (χ3n) is 6.55. The molecule has 3 N–H and O–H groups in total. The minimum atomic E-state index is -0.994. The van der Waals surface area contributed by atoms with Crippen LogP contribution in [0.4, 0.5) is 4.79 Å². The Morgan fingerprint density at radius 2 is 1.82 bits per heavy atom. The van der Waals surface area contributed by atoms with Crippen molar-refractivity contribution in [2.45, 2.75) is 76.6 Å². The molecule has 5 nitrogen and oxygen atoms in total. The van der Waals surface area contributed by atoms with Gasteiger partial charge in [0.15, 0.2) is 0 Å². The molecule has 1 aliphatic carbocycles. The van der Waals surface area contributed by atoms with Gasteiger partial charge >= 0.3 is 6.09 Å². The smallest absolute Gasteiger partial charge is 0.408 e. The summed E-state index contributed by atoms with van der Waals surface area (Å²) in [4.78, 5) is 13.7. The minimum Gasteiger partial charge on any atom is -0.465 e. The average Bonchev–Trinajstić information content (AvgIpc) is 3.52. The summed E-state index contributed by atoms with van der Waals surface area (Å²) in [5.41, 5.74) is 1.66. The second kappa shape index (κ2) is 10.6. The average molecular weight is 518 g/mol. The molecular formula is C27H37BrN2O3. The molecule has 2 unspecified atom stereocenters. The second-order valence-electron chi connectivity index (χ2n) is 10.5. The van der Waals surface area contributed by atoms with Crippen molar-refractivity contribution < 1.29 is 15.0 Å². The molecule has 0 aliphatic heterocycles. The van der Waals surface area contributed by atoms with Crippen LogP contribution in [0.3, 0.4) is 0 Å². The van der Waals surface area contributed by atoms with Crippen LogP contribution in [0.1, 0.15) is 58.1 Å². The fraction of sp³-hybridized carbons (Fsp3) is 0.519. The lowest BCUT2D eigenvalue weighted by molar-refractivity contribution is -0.00260. The summed E-state index contributed by atoms with van der Waals surface area (Å²) in [6.07, 6.45) is 1.64. The quantitative estimate of drug-likeness (QED) is 0.372. The number of nitrogens with zero attached hydrogens (tertiary/aromatic N) is 1. The lowest BCUT2D eigenvalue weighted by Gasteiger charge is -2.43. The van der Waals surface area contributed by atoms with E-state index in [4.69, 9.17) is 0 Å². The highest BCUT2D eigenvalue weighted by Crippen LogP contribution is 2.46. The van der Waals surface area contributed by atoms with E-state index in [1.807, 2.05) is 51.1 Å². The molecule has 1 aliphatic rings. The molecule has 3 atom stereocenters. The van der Waals surface area contributed by atoms with Crippen LogP contribution in [0.15, 0.2) is 59.1 Å². The summed E-state index contributed by atoms with van der Waals surface area (Å²) < 4.78 is 1.03. The van der Waals surface area contributed by atoms with Crippen molar-refractivity contribution in [3.8, 4) is 0 Å². The molecule has 2 aromatic rings. The van der Waals surface area contributed by atoms with Crippen LogP contribution < -0.4 is 5.32 Å². The van der Waals surface area contributed by atoms with Crippen molar-refractivity contribution >= 4 is 22.0 Å². The first-order valence-corrected chi connectivity index (χ1v) is 12.6. The van der Waals surface area contributed by atoms with Crippen molar-refractivity contribution in [2.75, 3.05) is 6.54 Å². The first kappa shape index (κ1) is 25.7. The Kier molecular flexibility index (Phi) is 8.25. The second-order valence-corrected chi connectivity index (χ2v) is 11.4. The summed E-state index contributed by atoms with van der Waals surface area (Å²) in [6, 6.07) is 18.0. The topological polar surface area (TPSA) is 72.8 Å². The summed E-state index contributed by atoms with van der Waals surface area (Å²) in [7, 11) is 0. The van der Waals surface area contributed by atoms with E-state index in [9.17, 15) is 15.0 Å². The summed E-state index contributed by atoms with van der Waals surface area (Å²) in [5.74, 6) is 0.219. The predicted molar refractivity (Wildman–Crippen MR) is 136 cm³/mol. The molecular weight excluding hydrogens is 480 g/mol. The van der Waals surface area contributed by atoms with Gasteiger partial charge in [-0.15, -0.1) is 0 Å². The van der Waals surface area contributed by atoms with Gasteiger partial charge in [-0.3, -0.25) is 4.90 Å². The maximum atomic E-state index is 12.3. The number of carbonyl (C=O) groups is 1. The molecule has 6 heteroatoms. The number of halogens is 1. The highest BCUT2D eigenvalue weighted by molar-refractivity contribution is 9.10. The molecule has 3 rings (SSSR count). The molecule has 1 saturated carbocycles. The first-order chi connectivity index (χ1) is 15.5. The largest absolute Gasteiger partial charge is 0.465 e. The Labute approximate surface area is 206 Å². The molecule has 2 aromatic carbocycles. The Morgan fingerprint density at radius 3 is 2.36 bits per heavy atom. The van der Waals surface area contributed by atoms with Gasteiger partial charge < -0.3 is 15.5 Å². The molecule has 1 fully saturated rings. The SMILES string of the molecule is CC(Cc1ccccc1)C[C@@H](C(O)CNC1(c2cccc(Br)c2)CC1)N(C(=O)O)C(C)(C)C. The normalized spacial score (nSPS) is 17.8. The van der Waals surface area contributed by atoms with E-state index < -0.39 is 23.8 Å². The molecule has 0 heterocycles. The zero-order valence-electron chi connectivity index (χ0n) is 20.1. The predicted octanol–water partition coefficient (Wildman–Crippen LogP) is 5.80. The Balaban J connectivity index is 1.75. The van der Waals surface area contributed by atoms with Gasteiger partial charge in [-0.2, -0.15) is 0 Å². The Hall–Kier alpha value is -1.89. The molecule has 180 valence electrons. The van der Waals surface area contributed by atoms with E-state index in [0.717, 1.165) is 23.7 Å². The Bertz CT molecular complexity index is 924. The highest BCUT2D eigenvalue weighted by Gasteiger charge is 2.45. The van der Waals surface area contributed by atoms with Crippen LogP contribution in [0.2, 0.25) is 0 Å². The zero-order valence-corrected chi connectivity index (χ0v) is 21.7. The molecule has 0 saturated heterocycles. The number of carboxylic acid groups (broad SMARTS) is 1. The summed E-state index contributed by atoms with van der Waals surface area (Å²) >= 11 is 3.55. The van der Waals surface area contributed by atoms with Crippen LogP contribution in [0, 0.1) is 5.92 Å².